The molecule has 1 amide bonds. The molecule has 3 nitrogen and oxygen atoms in total. The van der Waals surface area contributed by atoms with Gasteiger partial charge in [0.25, 0.3) is 5.91 Å². The molecule has 0 heterocycles. The molecule has 0 atom stereocenters. The Kier molecular flexibility index (Phi) is 4.98. The lowest BCUT2D eigenvalue weighted by atomic mass is 10.3. The Labute approximate surface area is 129 Å². The van der Waals surface area contributed by atoms with Crippen molar-refractivity contribution in [3.63, 3.8) is 0 Å². The topological polar surface area (TPSA) is 38.3 Å². The van der Waals surface area contributed by atoms with E-state index in [9.17, 15) is 13.6 Å². The van der Waals surface area contributed by atoms with Gasteiger partial charge >= 0.3 is 0 Å². The molecule has 0 fully saturated rings. The predicted octanol–water partition coefficient (Wildman–Crippen LogP) is 4.29. The van der Waals surface area contributed by atoms with Gasteiger partial charge < -0.3 is 10.1 Å². The molecule has 1 N–H and O–H groups in total. The highest BCUT2D eigenvalue weighted by Gasteiger charge is 2.13. The highest BCUT2D eigenvalue weighted by molar-refractivity contribution is 6.35. The molecule has 0 bridgehead atoms. The monoisotopic (exact) mass is 331 g/mol. The van der Waals surface area contributed by atoms with Crippen LogP contribution in [0.5, 0.6) is 5.75 Å². The summed E-state index contributed by atoms with van der Waals surface area (Å²) in [7, 11) is 0. The first kappa shape index (κ1) is 15.5. The molecule has 0 saturated carbocycles. The zero-order valence-electron chi connectivity index (χ0n) is 10.5. The maximum atomic E-state index is 13.4. The highest BCUT2D eigenvalue weighted by atomic mass is 35.5. The van der Waals surface area contributed by atoms with Crippen molar-refractivity contribution in [2.45, 2.75) is 0 Å². The summed E-state index contributed by atoms with van der Waals surface area (Å²) in [6.07, 6.45) is 0. The van der Waals surface area contributed by atoms with E-state index in [1.54, 1.807) is 0 Å². The summed E-state index contributed by atoms with van der Waals surface area (Å²) in [6.45, 7) is -0.449. The first-order valence-corrected chi connectivity index (χ1v) is 6.54. The number of nitrogens with one attached hydrogen (secondary N) is 1. The molecule has 2 aromatic carbocycles. The van der Waals surface area contributed by atoms with Gasteiger partial charge in [-0.25, -0.2) is 8.78 Å². The molecule has 0 aliphatic carbocycles. The Hall–Kier alpha value is -1.85. The predicted molar refractivity (Wildman–Crippen MR) is 76.9 cm³/mol. The zero-order chi connectivity index (χ0) is 15.4. The minimum atomic E-state index is -0.868. The second-order valence-electron chi connectivity index (χ2n) is 4.01. The lowest BCUT2D eigenvalue weighted by molar-refractivity contribution is -0.118. The van der Waals surface area contributed by atoms with Gasteiger partial charge in [0.2, 0.25) is 0 Å². The lowest BCUT2D eigenvalue weighted by Gasteiger charge is -2.10. The summed E-state index contributed by atoms with van der Waals surface area (Å²) < 4.78 is 31.9. The van der Waals surface area contributed by atoms with Crippen LogP contribution in [0.3, 0.4) is 0 Å². The molecule has 21 heavy (non-hydrogen) atoms. The number of carbonyl (C=O) groups excluding carboxylic acids is 1. The zero-order valence-corrected chi connectivity index (χ0v) is 12.0. The first-order valence-electron chi connectivity index (χ1n) is 5.79. The third kappa shape index (κ3) is 4.06. The number of halogens is 4. The number of ether oxygens (including phenoxy) is 1. The van der Waals surface area contributed by atoms with Crippen LogP contribution in [-0.2, 0) is 4.79 Å². The van der Waals surface area contributed by atoms with Gasteiger partial charge in [0.15, 0.2) is 6.61 Å². The fourth-order valence-electron chi connectivity index (χ4n) is 1.53. The van der Waals surface area contributed by atoms with Gasteiger partial charge in [-0.2, -0.15) is 0 Å². The van der Waals surface area contributed by atoms with Crippen molar-refractivity contribution >= 4 is 34.8 Å². The van der Waals surface area contributed by atoms with Crippen molar-refractivity contribution in [1.29, 1.82) is 0 Å². The quantitative estimate of drug-likeness (QED) is 0.907. The molecule has 0 radical (unpaired) electrons. The number of benzene rings is 2. The number of carbonyl (C=O) groups is 1. The Bertz CT molecular complexity index is 660. The van der Waals surface area contributed by atoms with Crippen LogP contribution in [0, 0.1) is 11.6 Å². The van der Waals surface area contributed by atoms with Crippen molar-refractivity contribution in [3.8, 4) is 5.75 Å². The maximum absolute atomic E-state index is 13.4. The number of rotatable bonds is 4. The molecular formula is C14H9Cl2F2NO2. The normalized spacial score (nSPS) is 10.3. The van der Waals surface area contributed by atoms with Gasteiger partial charge in [0.1, 0.15) is 23.1 Å². The van der Waals surface area contributed by atoms with E-state index in [1.807, 2.05) is 0 Å². The Morgan fingerprint density at radius 1 is 1.14 bits per heavy atom. The number of para-hydroxylation sites is 1. The van der Waals surface area contributed by atoms with E-state index in [-0.39, 0.29) is 10.8 Å². The van der Waals surface area contributed by atoms with E-state index in [4.69, 9.17) is 27.9 Å². The second-order valence-corrected chi connectivity index (χ2v) is 4.85. The molecule has 0 saturated heterocycles. The lowest BCUT2D eigenvalue weighted by Crippen LogP contribution is -2.21. The molecule has 0 spiro atoms. The van der Waals surface area contributed by atoms with Gasteiger partial charge in [-0.3, -0.25) is 4.79 Å². The van der Waals surface area contributed by atoms with Crippen LogP contribution >= 0.6 is 23.2 Å². The van der Waals surface area contributed by atoms with Crippen LogP contribution in [0.15, 0.2) is 36.4 Å². The van der Waals surface area contributed by atoms with Crippen LogP contribution in [0.4, 0.5) is 14.5 Å². The fraction of sp³-hybridized carbons (Fsp3) is 0.0714. The first-order chi connectivity index (χ1) is 9.97. The molecular weight excluding hydrogens is 323 g/mol. The number of anilines is 1. The van der Waals surface area contributed by atoms with Gasteiger partial charge in [-0.1, -0.05) is 29.3 Å². The van der Waals surface area contributed by atoms with Gasteiger partial charge in [0.05, 0.1) is 5.02 Å². The average molecular weight is 332 g/mol. The van der Waals surface area contributed by atoms with Crippen molar-refractivity contribution in [1.82, 2.24) is 0 Å². The van der Waals surface area contributed by atoms with Crippen molar-refractivity contribution in [2.75, 3.05) is 11.9 Å². The molecule has 0 aliphatic rings. The average Bonchev–Trinajstić information content (AvgIpc) is 2.42. The van der Waals surface area contributed by atoms with Crippen LogP contribution in [-0.4, -0.2) is 12.5 Å². The Morgan fingerprint density at radius 3 is 2.43 bits per heavy atom. The smallest absolute Gasteiger partial charge is 0.262 e. The molecule has 110 valence electrons. The van der Waals surface area contributed by atoms with Crippen molar-refractivity contribution < 1.29 is 18.3 Å². The molecule has 0 aromatic heterocycles. The number of amides is 1. The summed E-state index contributed by atoms with van der Waals surface area (Å²) in [5, 5.41) is 2.75. The summed E-state index contributed by atoms with van der Waals surface area (Å²) in [5.74, 6) is -2.21. The molecule has 2 aromatic rings. The van der Waals surface area contributed by atoms with Crippen LogP contribution in [0.1, 0.15) is 0 Å². The summed E-state index contributed by atoms with van der Waals surface area (Å²) in [6, 6.07) is 7.75. The molecule has 7 heteroatoms. The van der Waals surface area contributed by atoms with Crippen molar-refractivity contribution in [3.05, 3.63) is 58.1 Å². The summed E-state index contributed by atoms with van der Waals surface area (Å²) in [5.41, 5.74) is -0.520. The Morgan fingerprint density at radius 2 is 1.81 bits per heavy atom. The highest BCUT2D eigenvalue weighted by Crippen LogP contribution is 2.27. The van der Waals surface area contributed by atoms with E-state index >= 15 is 0 Å². The number of hydrogen-bond donors (Lipinski definition) is 1. The van der Waals surface area contributed by atoms with Gasteiger partial charge in [-0.15, -0.1) is 0 Å². The summed E-state index contributed by atoms with van der Waals surface area (Å²) >= 11 is 11.6. The maximum Gasteiger partial charge on any atom is 0.262 e. The minimum Gasteiger partial charge on any atom is -0.482 e. The van der Waals surface area contributed by atoms with Crippen molar-refractivity contribution in [2.24, 2.45) is 0 Å². The van der Waals surface area contributed by atoms with Crippen LogP contribution in [0.2, 0.25) is 10.0 Å². The van der Waals surface area contributed by atoms with E-state index in [0.717, 1.165) is 12.1 Å². The van der Waals surface area contributed by atoms with Gasteiger partial charge in [0, 0.05) is 5.02 Å². The third-order valence-corrected chi connectivity index (χ3v) is 3.01. The van der Waals surface area contributed by atoms with Crippen LogP contribution < -0.4 is 10.1 Å². The SMILES string of the molecule is O=C(COc1ccc(Cl)cc1Cl)Nc1c(F)cccc1F. The number of hydrogen-bond acceptors (Lipinski definition) is 2. The largest absolute Gasteiger partial charge is 0.482 e. The van der Waals surface area contributed by atoms with Gasteiger partial charge in [-0.05, 0) is 30.3 Å². The molecule has 0 aliphatic heterocycles. The minimum absolute atomic E-state index is 0.229. The molecule has 0 unspecified atom stereocenters. The third-order valence-electron chi connectivity index (χ3n) is 2.48. The molecule has 2 rings (SSSR count). The second kappa shape index (κ2) is 6.74. The van der Waals surface area contributed by atoms with Crippen LogP contribution in [0.25, 0.3) is 0 Å². The van der Waals surface area contributed by atoms with E-state index in [1.165, 1.54) is 24.3 Å². The Balaban J connectivity index is 1.99. The standard InChI is InChI=1S/C14H9Cl2F2NO2/c15-8-4-5-12(9(16)6-8)21-7-13(20)19-14-10(17)2-1-3-11(14)18/h1-6H,7H2,(H,19,20). The van der Waals surface area contributed by atoms with E-state index < -0.39 is 29.8 Å². The fourth-order valence-corrected chi connectivity index (χ4v) is 1.99. The summed E-state index contributed by atoms with van der Waals surface area (Å²) in [4.78, 5) is 11.6. The van der Waals surface area contributed by atoms with E-state index in [2.05, 4.69) is 5.32 Å². The van der Waals surface area contributed by atoms with E-state index in [0.29, 0.717) is 5.02 Å².